The number of pyridine rings is 1. The van der Waals surface area contributed by atoms with Gasteiger partial charge in [-0.2, -0.15) is 4.98 Å². The molecule has 5 aromatic rings. The molecule has 0 radical (unpaired) electrons. The van der Waals surface area contributed by atoms with E-state index in [9.17, 15) is 17.9 Å². The summed E-state index contributed by atoms with van der Waals surface area (Å²) in [5, 5.41) is 20.2. The molecule has 4 N–H and O–H groups in total. The third-order valence-corrected chi connectivity index (χ3v) is 7.55. The van der Waals surface area contributed by atoms with Crippen molar-refractivity contribution in [2.75, 3.05) is 23.1 Å². The van der Waals surface area contributed by atoms with Crippen LogP contribution in [0, 0.1) is 5.82 Å². The largest absolute Gasteiger partial charge is 0.387 e. The van der Waals surface area contributed by atoms with E-state index in [2.05, 4.69) is 30.5 Å². The van der Waals surface area contributed by atoms with Crippen LogP contribution in [0.15, 0.2) is 107 Å². The predicted octanol–water partition coefficient (Wildman–Crippen LogP) is 4.68. The van der Waals surface area contributed by atoms with Gasteiger partial charge in [-0.25, -0.2) is 12.8 Å². The highest BCUT2D eigenvalue weighted by Crippen LogP contribution is 2.23. The van der Waals surface area contributed by atoms with E-state index < -0.39 is 16.1 Å². The molecule has 0 aliphatic carbocycles. The molecule has 1 atom stereocenters. The van der Waals surface area contributed by atoms with Crippen LogP contribution in [-0.4, -0.2) is 41.7 Å². The summed E-state index contributed by atoms with van der Waals surface area (Å²) < 4.78 is 46.7. The van der Waals surface area contributed by atoms with E-state index in [0.29, 0.717) is 36.4 Å². The Balaban J connectivity index is 1.12. The number of nitrogens with one attached hydrogen (secondary N) is 3. The van der Waals surface area contributed by atoms with E-state index in [0.717, 1.165) is 11.1 Å². The number of hydrogen-bond acceptors (Lipinski definition) is 9. The zero-order chi connectivity index (χ0) is 28.7. The molecule has 41 heavy (non-hydrogen) atoms. The maximum absolute atomic E-state index is 13.1. The summed E-state index contributed by atoms with van der Waals surface area (Å²) in [6.45, 7) is 1.06. The molecule has 2 aromatic heterocycles. The molecule has 0 fully saturated rings. The van der Waals surface area contributed by atoms with E-state index in [-0.39, 0.29) is 22.6 Å². The standard InChI is InChI=1S/C29H27FN6O4S/c30-23-7-11-24(12-8-23)33-29-34-28(35-40-29)21-5-13-26(14-6-21)41(38,39)36-25-9-3-20(4-10-25)15-17-32-19-27(37)22-2-1-16-31-18-22/h1-14,16,18,27,32,36-37H,15,17,19H2,(H,33,34,35). The number of rotatable bonds is 12. The van der Waals surface area contributed by atoms with Gasteiger partial charge in [0.05, 0.1) is 11.0 Å². The molecule has 1 unspecified atom stereocenters. The van der Waals surface area contributed by atoms with E-state index in [1.54, 1.807) is 42.7 Å². The van der Waals surface area contributed by atoms with Crippen molar-refractivity contribution in [3.05, 3.63) is 114 Å². The molecule has 0 saturated carbocycles. The van der Waals surface area contributed by atoms with E-state index in [1.165, 1.54) is 36.4 Å². The highest BCUT2D eigenvalue weighted by atomic mass is 32.2. The van der Waals surface area contributed by atoms with Crippen LogP contribution in [0.25, 0.3) is 11.4 Å². The fourth-order valence-corrected chi connectivity index (χ4v) is 5.01. The van der Waals surface area contributed by atoms with Gasteiger partial charge in [-0.05, 0) is 85.3 Å². The Morgan fingerprint density at radius 2 is 1.66 bits per heavy atom. The highest BCUT2D eigenvalue weighted by Gasteiger charge is 2.16. The van der Waals surface area contributed by atoms with Gasteiger partial charge in [-0.3, -0.25) is 9.71 Å². The second-order valence-corrected chi connectivity index (χ2v) is 10.8. The highest BCUT2D eigenvalue weighted by molar-refractivity contribution is 7.92. The van der Waals surface area contributed by atoms with Gasteiger partial charge in [0.25, 0.3) is 10.0 Å². The lowest BCUT2D eigenvalue weighted by Gasteiger charge is -2.12. The van der Waals surface area contributed by atoms with E-state index in [1.807, 2.05) is 18.2 Å². The molecule has 10 nitrogen and oxygen atoms in total. The molecule has 3 aromatic carbocycles. The zero-order valence-electron chi connectivity index (χ0n) is 21.7. The van der Waals surface area contributed by atoms with Gasteiger partial charge in [0.15, 0.2) is 0 Å². The number of halogens is 1. The van der Waals surface area contributed by atoms with Gasteiger partial charge in [0.1, 0.15) is 5.82 Å². The number of nitrogens with zero attached hydrogens (tertiary/aromatic N) is 3. The van der Waals surface area contributed by atoms with Crippen LogP contribution in [0.1, 0.15) is 17.2 Å². The predicted molar refractivity (Wildman–Crippen MR) is 152 cm³/mol. The first kappa shape index (κ1) is 27.9. The Morgan fingerprint density at radius 1 is 0.927 bits per heavy atom. The molecular formula is C29H27FN6O4S. The Hall–Kier alpha value is -4.65. The SMILES string of the molecule is O=S(=O)(Nc1ccc(CCNCC(O)c2cccnc2)cc1)c1ccc(-c2noc(Nc3ccc(F)cc3)n2)cc1. The number of aliphatic hydroxyl groups is 1. The number of aromatic nitrogens is 3. The van der Waals surface area contributed by atoms with Crippen LogP contribution in [0.5, 0.6) is 0 Å². The van der Waals surface area contributed by atoms with Crippen LogP contribution < -0.4 is 15.4 Å². The molecule has 210 valence electrons. The fourth-order valence-electron chi connectivity index (χ4n) is 3.95. The lowest BCUT2D eigenvalue weighted by Crippen LogP contribution is -2.23. The first-order chi connectivity index (χ1) is 19.9. The number of anilines is 3. The summed E-state index contributed by atoms with van der Waals surface area (Å²) in [5.41, 5.74) is 3.36. The topological polar surface area (TPSA) is 142 Å². The Labute approximate surface area is 236 Å². The normalized spacial score (nSPS) is 12.1. The molecule has 0 aliphatic rings. The fraction of sp³-hybridized carbons (Fsp3) is 0.138. The van der Waals surface area contributed by atoms with Crippen LogP contribution in [0.4, 0.5) is 21.8 Å². The molecule has 0 saturated heterocycles. The van der Waals surface area contributed by atoms with Gasteiger partial charge < -0.3 is 20.3 Å². The molecule has 5 rings (SSSR count). The monoisotopic (exact) mass is 574 g/mol. The lowest BCUT2D eigenvalue weighted by molar-refractivity contribution is 0.174. The zero-order valence-corrected chi connectivity index (χ0v) is 22.6. The Morgan fingerprint density at radius 3 is 2.37 bits per heavy atom. The number of sulfonamides is 1. The second-order valence-electron chi connectivity index (χ2n) is 9.14. The van der Waals surface area contributed by atoms with Crippen molar-refractivity contribution in [1.29, 1.82) is 0 Å². The second kappa shape index (κ2) is 12.7. The van der Waals surface area contributed by atoms with Crippen molar-refractivity contribution < 1.29 is 22.4 Å². The van der Waals surface area contributed by atoms with Crippen molar-refractivity contribution in [3.8, 4) is 11.4 Å². The van der Waals surface area contributed by atoms with Crippen LogP contribution in [0.3, 0.4) is 0 Å². The van der Waals surface area contributed by atoms with Gasteiger partial charge in [0, 0.05) is 41.4 Å². The van der Waals surface area contributed by atoms with Crippen molar-refractivity contribution in [2.45, 2.75) is 17.4 Å². The summed E-state index contributed by atoms with van der Waals surface area (Å²) in [7, 11) is -3.82. The van der Waals surface area contributed by atoms with Gasteiger partial charge in [0.2, 0.25) is 5.82 Å². The quantitative estimate of drug-likeness (QED) is 0.156. The molecule has 0 spiro atoms. The maximum atomic E-state index is 13.1. The minimum Gasteiger partial charge on any atom is -0.387 e. The van der Waals surface area contributed by atoms with Crippen LogP contribution >= 0.6 is 0 Å². The van der Waals surface area contributed by atoms with Gasteiger partial charge in [-0.15, -0.1) is 0 Å². The first-order valence-electron chi connectivity index (χ1n) is 12.7. The molecule has 0 amide bonds. The number of benzene rings is 3. The smallest absolute Gasteiger partial charge is 0.326 e. The van der Waals surface area contributed by atoms with E-state index in [4.69, 9.17) is 4.52 Å². The molecule has 0 bridgehead atoms. The average molecular weight is 575 g/mol. The maximum Gasteiger partial charge on any atom is 0.326 e. The summed E-state index contributed by atoms with van der Waals surface area (Å²) in [6.07, 6.45) is 3.38. The van der Waals surface area contributed by atoms with Gasteiger partial charge >= 0.3 is 6.01 Å². The molecule has 0 aliphatic heterocycles. The van der Waals surface area contributed by atoms with Crippen LogP contribution in [0.2, 0.25) is 0 Å². The summed E-state index contributed by atoms with van der Waals surface area (Å²) >= 11 is 0. The number of aliphatic hydroxyl groups excluding tert-OH is 1. The van der Waals surface area contributed by atoms with E-state index >= 15 is 0 Å². The van der Waals surface area contributed by atoms with Crippen molar-refractivity contribution in [3.63, 3.8) is 0 Å². The Bertz CT molecular complexity index is 1660. The first-order valence-corrected chi connectivity index (χ1v) is 14.2. The minimum absolute atomic E-state index is 0.0786. The van der Waals surface area contributed by atoms with Gasteiger partial charge in [-0.1, -0.05) is 23.4 Å². The van der Waals surface area contributed by atoms with Crippen LogP contribution in [-0.2, 0) is 16.4 Å². The lowest BCUT2D eigenvalue weighted by atomic mass is 10.1. The third-order valence-electron chi connectivity index (χ3n) is 6.15. The van der Waals surface area contributed by atoms with Crippen molar-refractivity contribution in [2.24, 2.45) is 0 Å². The number of hydrogen-bond donors (Lipinski definition) is 4. The minimum atomic E-state index is -3.82. The summed E-state index contributed by atoms with van der Waals surface area (Å²) in [6, 6.07) is 22.6. The summed E-state index contributed by atoms with van der Waals surface area (Å²) in [4.78, 5) is 8.34. The average Bonchev–Trinajstić information content (AvgIpc) is 3.46. The van der Waals surface area contributed by atoms with Crippen molar-refractivity contribution >= 4 is 27.4 Å². The van der Waals surface area contributed by atoms with Crippen molar-refractivity contribution in [1.82, 2.24) is 20.4 Å². The molecular weight excluding hydrogens is 547 g/mol. The Kier molecular flexibility index (Phi) is 8.63. The molecule has 2 heterocycles. The molecule has 12 heteroatoms. The third kappa shape index (κ3) is 7.51. The summed E-state index contributed by atoms with van der Waals surface area (Å²) in [5.74, 6) is -0.0922.